The van der Waals surface area contributed by atoms with E-state index >= 15 is 0 Å². The first-order valence-corrected chi connectivity index (χ1v) is 9.33. The second-order valence-electron chi connectivity index (χ2n) is 6.54. The molecule has 2 amide bonds. The molecule has 128 valence electrons. The molecule has 1 aromatic heterocycles. The van der Waals surface area contributed by atoms with Crippen molar-refractivity contribution in [2.75, 3.05) is 26.2 Å². The number of hydrogen-bond acceptors (Lipinski definition) is 4. The van der Waals surface area contributed by atoms with Crippen molar-refractivity contribution in [1.29, 1.82) is 0 Å². The third-order valence-corrected chi connectivity index (χ3v) is 5.20. The number of nitrogens with zero attached hydrogens (tertiary/aromatic N) is 2. The Bertz CT molecular complexity index is 492. The number of hydrogen-bond donors (Lipinski definition) is 0. The summed E-state index contributed by atoms with van der Waals surface area (Å²) < 4.78 is 11.5. The largest absolute Gasteiger partial charge is 0.376 e. The van der Waals surface area contributed by atoms with Crippen LogP contribution in [0.1, 0.15) is 31.6 Å². The highest BCUT2D eigenvalue weighted by Crippen LogP contribution is 2.20. The maximum atomic E-state index is 13.0. The van der Waals surface area contributed by atoms with Gasteiger partial charge in [0, 0.05) is 31.1 Å². The lowest BCUT2D eigenvalue weighted by Crippen LogP contribution is -2.53. The minimum Gasteiger partial charge on any atom is -0.376 e. The van der Waals surface area contributed by atoms with Gasteiger partial charge in [-0.05, 0) is 38.1 Å². The van der Waals surface area contributed by atoms with E-state index < -0.39 is 0 Å². The van der Waals surface area contributed by atoms with Gasteiger partial charge in [-0.15, -0.1) is 11.3 Å². The summed E-state index contributed by atoms with van der Waals surface area (Å²) >= 11 is 1.70. The predicted molar refractivity (Wildman–Crippen MR) is 90.7 cm³/mol. The Hall–Kier alpha value is -1.11. The molecule has 0 aromatic carbocycles. The molecule has 0 aliphatic carbocycles. The first-order chi connectivity index (χ1) is 11.1. The number of carbonyl (C=O) groups excluding carboxylic acids is 1. The third-order valence-electron chi connectivity index (χ3n) is 4.34. The summed E-state index contributed by atoms with van der Waals surface area (Å²) in [7, 11) is 0. The first kappa shape index (κ1) is 16.7. The van der Waals surface area contributed by atoms with E-state index in [1.165, 1.54) is 4.88 Å². The standard InChI is InChI=1S/C17H26N2O3S/c1-13-9-18(10-14(2)22-13)17(20)19(11-15-5-3-7-21-15)12-16-6-4-8-23-16/h4,6,8,13-15H,3,5,7,9-12H2,1-2H3/t13-,14-,15-/m1/s1. The van der Waals surface area contributed by atoms with Gasteiger partial charge in [0.2, 0.25) is 0 Å². The lowest BCUT2D eigenvalue weighted by atomic mass is 10.2. The molecule has 6 heteroatoms. The van der Waals surface area contributed by atoms with Crippen LogP contribution in [-0.4, -0.2) is 60.4 Å². The van der Waals surface area contributed by atoms with E-state index in [1.807, 2.05) is 29.7 Å². The van der Waals surface area contributed by atoms with Gasteiger partial charge in [0.15, 0.2) is 0 Å². The van der Waals surface area contributed by atoms with E-state index in [0.29, 0.717) is 26.2 Å². The maximum Gasteiger partial charge on any atom is 0.320 e. The molecular weight excluding hydrogens is 312 g/mol. The molecule has 0 radical (unpaired) electrons. The summed E-state index contributed by atoms with van der Waals surface area (Å²) in [5.41, 5.74) is 0. The van der Waals surface area contributed by atoms with Gasteiger partial charge < -0.3 is 19.3 Å². The molecule has 5 nitrogen and oxygen atoms in total. The second-order valence-corrected chi connectivity index (χ2v) is 7.57. The van der Waals surface area contributed by atoms with Gasteiger partial charge in [-0.25, -0.2) is 4.79 Å². The molecule has 3 heterocycles. The van der Waals surface area contributed by atoms with Crippen LogP contribution in [0.3, 0.4) is 0 Å². The summed E-state index contributed by atoms with van der Waals surface area (Å²) in [6.45, 7) is 7.54. The fraction of sp³-hybridized carbons (Fsp3) is 0.706. The highest BCUT2D eigenvalue weighted by Gasteiger charge is 2.31. The van der Waals surface area contributed by atoms with Crippen molar-refractivity contribution in [3.05, 3.63) is 22.4 Å². The second kappa shape index (κ2) is 7.64. The van der Waals surface area contributed by atoms with Crippen LogP contribution in [0.15, 0.2) is 17.5 Å². The van der Waals surface area contributed by atoms with Gasteiger partial charge in [0.25, 0.3) is 0 Å². The number of amides is 2. The summed E-state index contributed by atoms with van der Waals surface area (Å²) in [6.07, 6.45) is 2.50. The average Bonchev–Trinajstić information content (AvgIpc) is 3.18. The van der Waals surface area contributed by atoms with Crippen molar-refractivity contribution in [3.63, 3.8) is 0 Å². The molecular formula is C17H26N2O3S. The van der Waals surface area contributed by atoms with E-state index in [-0.39, 0.29) is 24.3 Å². The molecule has 2 fully saturated rings. The minimum absolute atomic E-state index is 0.0917. The molecule has 3 atom stereocenters. The molecule has 2 aliphatic rings. The van der Waals surface area contributed by atoms with Gasteiger partial charge in [0.1, 0.15) is 0 Å². The van der Waals surface area contributed by atoms with E-state index in [0.717, 1.165) is 19.4 Å². The minimum atomic E-state index is 0.0917. The van der Waals surface area contributed by atoms with Crippen LogP contribution >= 0.6 is 11.3 Å². The Labute approximate surface area is 142 Å². The Morgan fingerprint density at radius 2 is 2.17 bits per heavy atom. The van der Waals surface area contributed by atoms with Crippen LogP contribution in [0.2, 0.25) is 0 Å². The fourth-order valence-corrected chi connectivity index (χ4v) is 4.09. The summed E-state index contributed by atoms with van der Waals surface area (Å²) in [6, 6.07) is 4.23. The number of thiophene rings is 1. The normalized spacial score (nSPS) is 28.1. The predicted octanol–water partition coefficient (Wildman–Crippen LogP) is 2.96. The smallest absolute Gasteiger partial charge is 0.320 e. The Balaban J connectivity index is 1.68. The third kappa shape index (κ3) is 4.46. The molecule has 2 saturated heterocycles. The van der Waals surface area contributed by atoms with Crippen LogP contribution in [0.5, 0.6) is 0 Å². The van der Waals surface area contributed by atoms with E-state index in [2.05, 4.69) is 11.4 Å². The number of morpholine rings is 1. The number of ether oxygens (including phenoxy) is 2. The van der Waals surface area contributed by atoms with Gasteiger partial charge in [-0.3, -0.25) is 0 Å². The van der Waals surface area contributed by atoms with Gasteiger partial charge in [0.05, 0.1) is 24.9 Å². The zero-order valence-electron chi connectivity index (χ0n) is 13.9. The van der Waals surface area contributed by atoms with Crippen LogP contribution in [0.4, 0.5) is 4.79 Å². The average molecular weight is 338 g/mol. The van der Waals surface area contributed by atoms with Crippen LogP contribution < -0.4 is 0 Å². The van der Waals surface area contributed by atoms with E-state index in [1.54, 1.807) is 11.3 Å². The quantitative estimate of drug-likeness (QED) is 0.848. The van der Waals surface area contributed by atoms with E-state index in [4.69, 9.17) is 9.47 Å². The molecule has 0 unspecified atom stereocenters. The van der Waals surface area contributed by atoms with Crippen LogP contribution in [-0.2, 0) is 16.0 Å². The van der Waals surface area contributed by atoms with Crippen LogP contribution in [0.25, 0.3) is 0 Å². The maximum absolute atomic E-state index is 13.0. The van der Waals surface area contributed by atoms with Gasteiger partial charge >= 0.3 is 6.03 Å². The van der Waals surface area contributed by atoms with Crippen molar-refractivity contribution >= 4 is 17.4 Å². The molecule has 1 aromatic rings. The molecule has 0 spiro atoms. The SMILES string of the molecule is C[C@@H]1CN(C(=O)N(Cc2cccs2)C[C@H]2CCCO2)C[C@@H](C)O1. The highest BCUT2D eigenvalue weighted by molar-refractivity contribution is 7.09. The zero-order valence-corrected chi connectivity index (χ0v) is 14.8. The number of urea groups is 1. The molecule has 23 heavy (non-hydrogen) atoms. The Kier molecular flexibility index (Phi) is 5.56. The van der Waals surface area contributed by atoms with Crippen molar-refractivity contribution in [2.24, 2.45) is 0 Å². The molecule has 0 saturated carbocycles. The molecule has 2 aliphatic heterocycles. The van der Waals surface area contributed by atoms with Crippen LogP contribution in [0, 0.1) is 0 Å². The van der Waals surface area contributed by atoms with Gasteiger partial charge in [-0.1, -0.05) is 6.07 Å². The van der Waals surface area contributed by atoms with Crippen molar-refractivity contribution < 1.29 is 14.3 Å². The lowest BCUT2D eigenvalue weighted by molar-refractivity contribution is -0.0594. The first-order valence-electron chi connectivity index (χ1n) is 8.45. The summed E-state index contributed by atoms with van der Waals surface area (Å²) in [4.78, 5) is 18.1. The van der Waals surface area contributed by atoms with Crippen molar-refractivity contribution in [3.8, 4) is 0 Å². The molecule has 0 bridgehead atoms. The van der Waals surface area contributed by atoms with Crippen molar-refractivity contribution in [1.82, 2.24) is 9.80 Å². The Morgan fingerprint density at radius 3 is 2.78 bits per heavy atom. The van der Waals surface area contributed by atoms with Crippen molar-refractivity contribution in [2.45, 2.75) is 51.5 Å². The van der Waals surface area contributed by atoms with E-state index in [9.17, 15) is 4.79 Å². The summed E-state index contributed by atoms with van der Waals surface area (Å²) in [5.74, 6) is 0. The van der Waals surface area contributed by atoms with Gasteiger partial charge in [-0.2, -0.15) is 0 Å². The topological polar surface area (TPSA) is 42.0 Å². The lowest BCUT2D eigenvalue weighted by Gasteiger charge is -2.38. The zero-order chi connectivity index (χ0) is 16.2. The number of carbonyl (C=O) groups is 1. The summed E-state index contributed by atoms with van der Waals surface area (Å²) in [5, 5.41) is 2.06. The highest BCUT2D eigenvalue weighted by atomic mass is 32.1. The number of rotatable bonds is 4. The monoisotopic (exact) mass is 338 g/mol. The molecule has 3 rings (SSSR count). The molecule has 0 N–H and O–H groups in total. The Morgan fingerprint density at radius 1 is 1.39 bits per heavy atom. The fourth-order valence-electron chi connectivity index (χ4n) is 3.37.